The van der Waals surface area contributed by atoms with Crippen molar-refractivity contribution in [2.75, 3.05) is 19.6 Å². The quantitative estimate of drug-likeness (QED) is 0.892. The third-order valence-electron chi connectivity index (χ3n) is 3.78. The molecule has 0 amide bonds. The lowest BCUT2D eigenvalue weighted by Gasteiger charge is -2.39. The van der Waals surface area contributed by atoms with E-state index in [0.29, 0.717) is 0 Å². The number of nitrogens with one attached hydrogen (secondary N) is 1. The SMILES string of the molecule is Cc1ccn2c(CN3CCNC(C)(C)C3)cnc2c1. The Labute approximate surface area is 114 Å². The molecule has 3 heterocycles. The fourth-order valence-corrected chi connectivity index (χ4v) is 2.86. The number of nitrogens with zero attached hydrogens (tertiary/aromatic N) is 3. The van der Waals surface area contributed by atoms with Crippen molar-refractivity contribution in [1.82, 2.24) is 19.6 Å². The average Bonchev–Trinajstić information content (AvgIpc) is 2.70. The van der Waals surface area contributed by atoms with Gasteiger partial charge in [0.05, 0.1) is 11.9 Å². The standard InChI is InChI=1S/C15H22N4/c1-12-4-6-19-13(9-16-14(19)8-12)10-18-7-5-17-15(2,3)11-18/h4,6,8-9,17H,5,7,10-11H2,1-3H3. The number of hydrogen-bond acceptors (Lipinski definition) is 3. The van der Waals surface area contributed by atoms with Crippen LogP contribution in [0.2, 0.25) is 0 Å². The van der Waals surface area contributed by atoms with Crippen LogP contribution in [0, 0.1) is 6.92 Å². The first kappa shape index (κ1) is 12.6. The summed E-state index contributed by atoms with van der Waals surface area (Å²) in [6, 6.07) is 4.27. The molecule has 0 aromatic carbocycles. The molecule has 1 saturated heterocycles. The van der Waals surface area contributed by atoms with E-state index >= 15 is 0 Å². The van der Waals surface area contributed by atoms with Gasteiger partial charge in [0, 0.05) is 37.9 Å². The lowest BCUT2D eigenvalue weighted by atomic mass is 10.0. The Morgan fingerprint density at radius 1 is 1.42 bits per heavy atom. The number of rotatable bonds is 2. The molecule has 102 valence electrons. The zero-order valence-electron chi connectivity index (χ0n) is 12.0. The second-order valence-electron chi connectivity index (χ2n) is 6.20. The third kappa shape index (κ3) is 2.65. The van der Waals surface area contributed by atoms with Crippen molar-refractivity contribution in [3.05, 3.63) is 35.8 Å². The van der Waals surface area contributed by atoms with E-state index in [-0.39, 0.29) is 5.54 Å². The normalized spacial score (nSPS) is 19.9. The minimum Gasteiger partial charge on any atom is -0.309 e. The van der Waals surface area contributed by atoms with E-state index in [0.717, 1.165) is 31.8 Å². The van der Waals surface area contributed by atoms with Gasteiger partial charge in [-0.05, 0) is 38.5 Å². The number of hydrogen-bond donors (Lipinski definition) is 1. The highest BCUT2D eigenvalue weighted by Gasteiger charge is 2.25. The van der Waals surface area contributed by atoms with Gasteiger partial charge in [-0.1, -0.05) is 0 Å². The highest BCUT2D eigenvalue weighted by atomic mass is 15.2. The monoisotopic (exact) mass is 258 g/mol. The van der Waals surface area contributed by atoms with Gasteiger partial charge in [-0.2, -0.15) is 0 Å². The van der Waals surface area contributed by atoms with Gasteiger partial charge < -0.3 is 9.72 Å². The summed E-state index contributed by atoms with van der Waals surface area (Å²) in [4.78, 5) is 7.00. The van der Waals surface area contributed by atoms with Crippen molar-refractivity contribution in [1.29, 1.82) is 0 Å². The van der Waals surface area contributed by atoms with Crippen LogP contribution in [0.5, 0.6) is 0 Å². The highest BCUT2D eigenvalue weighted by Crippen LogP contribution is 2.15. The summed E-state index contributed by atoms with van der Waals surface area (Å²) in [7, 11) is 0. The van der Waals surface area contributed by atoms with E-state index < -0.39 is 0 Å². The Morgan fingerprint density at radius 3 is 3.05 bits per heavy atom. The van der Waals surface area contributed by atoms with E-state index in [1.165, 1.54) is 11.3 Å². The smallest absolute Gasteiger partial charge is 0.137 e. The summed E-state index contributed by atoms with van der Waals surface area (Å²) in [5.41, 5.74) is 3.78. The molecule has 0 atom stereocenters. The Balaban J connectivity index is 1.81. The maximum atomic E-state index is 4.50. The fourth-order valence-electron chi connectivity index (χ4n) is 2.86. The van der Waals surface area contributed by atoms with Gasteiger partial charge in [0.1, 0.15) is 5.65 Å². The highest BCUT2D eigenvalue weighted by molar-refractivity contribution is 5.42. The van der Waals surface area contributed by atoms with E-state index in [1.54, 1.807) is 0 Å². The molecular weight excluding hydrogens is 236 g/mol. The second-order valence-corrected chi connectivity index (χ2v) is 6.20. The minimum atomic E-state index is 0.204. The van der Waals surface area contributed by atoms with E-state index in [9.17, 15) is 0 Å². The number of aromatic nitrogens is 2. The lowest BCUT2D eigenvalue weighted by molar-refractivity contribution is 0.146. The van der Waals surface area contributed by atoms with Crippen LogP contribution in [0.25, 0.3) is 5.65 Å². The summed E-state index contributed by atoms with van der Waals surface area (Å²) in [6.07, 6.45) is 4.13. The molecule has 2 aromatic rings. The Hall–Kier alpha value is -1.39. The van der Waals surface area contributed by atoms with Gasteiger partial charge in [-0.25, -0.2) is 4.98 Å². The molecule has 0 spiro atoms. The number of pyridine rings is 1. The van der Waals surface area contributed by atoms with Crippen LogP contribution in [0.3, 0.4) is 0 Å². The van der Waals surface area contributed by atoms with Crippen LogP contribution in [0.15, 0.2) is 24.5 Å². The van der Waals surface area contributed by atoms with Crippen molar-refractivity contribution in [3.8, 4) is 0 Å². The average molecular weight is 258 g/mol. The third-order valence-corrected chi connectivity index (χ3v) is 3.78. The summed E-state index contributed by atoms with van der Waals surface area (Å²) >= 11 is 0. The summed E-state index contributed by atoms with van der Waals surface area (Å²) in [6.45, 7) is 10.8. The van der Waals surface area contributed by atoms with Gasteiger partial charge in [-0.3, -0.25) is 4.90 Å². The van der Waals surface area contributed by atoms with Crippen molar-refractivity contribution in [2.45, 2.75) is 32.9 Å². The van der Waals surface area contributed by atoms with Gasteiger partial charge >= 0.3 is 0 Å². The first-order valence-electron chi connectivity index (χ1n) is 6.93. The molecular formula is C15H22N4. The van der Waals surface area contributed by atoms with Crippen LogP contribution >= 0.6 is 0 Å². The molecule has 1 fully saturated rings. The predicted molar refractivity (Wildman–Crippen MR) is 77.3 cm³/mol. The maximum Gasteiger partial charge on any atom is 0.137 e. The molecule has 0 bridgehead atoms. The van der Waals surface area contributed by atoms with Crippen LogP contribution in [-0.4, -0.2) is 39.5 Å². The molecule has 0 aliphatic carbocycles. The maximum absolute atomic E-state index is 4.50. The fraction of sp³-hybridized carbons (Fsp3) is 0.533. The van der Waals surface area contributed by atoms with Crippen LogP contribution < -0.4 is 5.32 Å². The van der Waals surface area contributed by atoms with Crippen molar-refractivity contribution < 1.29 is 0 Å². The summed E-state index contributed by atoms with van der Waals surface area (Å²) in [5.74, 6) is 0. The number of aryl methyl sites for hydroxylation is 1. The first-order valence-corrected chi connectivity index (χ1v) is 6.93. The molecule has 1 aliphatic heterocycles. The minimum absolute atomic E-state index is 0.204. The first-order chi connectivity index (χ1) is 9.03. The van der Waals surface area contributed by atoms with E-state index in [1.807, 2.05) is 6.20 Å². The van der Waals surface area contributed by atoms with Crippen LogP contribution in [0.4, 0.5) is 0 Å². The van der Waals surface area contributed by atoms with Gasteiger partial charge in [0.25, 0.3) is 0 Å². The molecule has 0 saturated carbocycles. The van der Waals surface area contributed by atoms with E-state index in [2.05, 4.69) is 58.7 Å². The molecule has 0 radical (unpaired) electrons. The number of fused-ring (bicyclic) bond motifs is 1. The van der Waals surface area contributed by atoms with Crippen molar-refractivity contribution in [2.24, 2.45) is 0 Å². The molecule has 0 unspecified atom stereocenters. The molecule has 1 aliphatic rings. The topological polar surface area (TPSA) is 32.6 Å². The molecule has 19 heavy (non-hydrogen) atoms. The van der Waals surface area contributed by atoms with Crippen molar-refractivity contribution in [3.63, 3.8) is 0 Å². The van der Waals surface area contributed by atoms with Gasteiger partial charge in [0.2, 0.25) is 0 Å². The second kappa shape index (κ2) is 4.62. The Bertz CT molecular complexity index is 585. The van der Waals surface area contributed by atoms with E-state index in [4.69, 9.17) is 0 Å². The summed E-state index contributed by atoms with van der Waals surface area (Å²) in [5, 5.41) is 3.55. The molecule has 4 heteroatoms. The Morgan fingerprint density at radius 2 is 2.26 bits per heavy atom. The number of piperazine rings is 1. The summed E-state index contributed by atoms with van der Waals surface area (Å²) < 4.78 is 2.20. The molecule has 1 N–H and O–H groups in total. The van der Waals surface area contributed by atoms with Crippen molar-refractivity contribution >= 4 is 5.65 Å². The molecule has 2 aromatic heterocycles. The molecule has 3 rings (SSSR count). The zero-order chi connectivity index (χ0) is 13.5. The molecule has 4 nitrogen and oxygen atoms in total. The zero-order valence-corrected chi connectivity index (χ0v) is 12.0. The van der Waals surface area contributed by atoms with Gasteiger partial charge in [0.15, 0.2) is 0 Å². The van der Waals surface area contributed by atoms with Gasteiger partial charge in [-0.15, -0.1) is 0 Å². The largest absolute Gasteiger partial charge is 0.309 e. The lowest BCUT2D eigenvalue weighted by Crippen LogP contribution is -2.56. The van der Waals surface area contributed by atoms with Crippen LogP contribution in [0.1, 0.15) is 25.1 Å². The van der Waals surface area contributed by atoms with Crippen LogP contribution in [-0.2, 0) is 6.54 Å². The Kier molecular flexibility index (Phi) is 3.07. The predicted octanol–water partition coefficient (Wildman–Crippen LogP) is 1.83. The number of imidazole rings is 1.